The molecule has 0 spiro atoms. The molecule has 0 N–H and O–H groups in total. The van der Waals surface area contributed by atoms with Gasteiger partial charge in [0.15, 0.2) is 0 Å². The van der Waals surface area contributed by atoms with Crippen LogP contribution in [0.2, 0.25) is 13.1 Å². The highest BCUT2D eigenvalue weighted by Crippen LogP contribution is 2.11. The first kappa shape index (κ1) is 9.76. The molecule has 0 heterocycles. The van der Waals surface area contributed by atoms with E-state index in [4.69, 9.17) is 4.43 Å². The van der Waals surface area contributed by atoms with Crippen LogP contribution >= 0.6 is 0 Å². The maximum Gasteiger partial charge on any atom is 0.273 e. The lowest BCUT2D eigenvalue weighted by molar-refractivity contribution is 0.377. The third-order valence-electron chi connectivity index (χ3n) is 1.18. The predicted molar refractivity (Wildman–Crippen MR) is 47.2 cm³/mol. The molecule has 0 saturated heterocycles. The first-order valence-electron chi connectivity index (χ1n) is 3.72. The van der Waals surface area contributed by atoms with E-state index in [2.05, 4.69) is 33.0 Å². The Morgan fingerprint density at radius 1 is 1.40 bits per heavy atom. The highest BCUT2D eigenvalue weighted by atomic mass is 28.3. The summed E-state index contributed by atoms with van der Waals surface area (Å²) >= 11 is 0. The van der Waals surface area contributed by atoms with Gasteiger partial charge >= 0.3 is 0 Å². The molecule has 0 unspecified atom stereocenters. The molecule has 0 aromatic carbocycles. The van der Waals surface area contributed by atoms with Gasteiger partial charge in [-0.2, -0.15) is 0 Å². The zero-order valence-electron chi connectivity index (χ0n) is 7.56. The van der Waals surface area contributed by atoms with Crippen molar-refractivity contribution in [1.82, 2.24) is 0 Å². The summed E-state index contributed by atoms with van der Waals surface area (Å²) in [5.41, 5.74) is 0. The van der Waals surface area contributed by atoms with Crippen molar-refractivity contribution < 1.29 is 4.43 Å². The van der Waals surface area contributed by atoms with Gasteiger partial charge in [0.2, 0.25) is 0 Å². The van der Waals surface area contributed by atoms with Gasteiger partial charge in [-0.1, -0.05) is 19.9 Å². The van der Waals surface area contributed by atoms with Gasteiger partial charge in [0.05, 0.1) is 5.76 Å². The van der Waals surface area contributed by atoms with E-state index in [1.807, 2.05) is 6.92 Å². The van der Waals surface area contributed by atoms with E-state index in [-0.39, 0.29) is 0 Å². The van der Waals surface area contributed by atoms with Crippen LogP contribution in [-0.4, -0.2) is 9.04 Å². The Kier molecular flexibility index (Phi) is 4.44. The summed E-state index contributed by atoms with van der Waals surface area (Å²) in [4.78, 5) is 0. The Bertz CT molecular complexity index is 116. The van der Waals surface area contributed by atoms with Crippen molar-refractivity contribution in [3.8, 4) is 0 Å². The fraction of sp³-hybridized carbons (Fsp3) is 0.750. The Morgan fingerprint density at radius 3 is 2.00 bits per heavy atom. The van der Waals surface area contributed by atoms with Crippen LogP contribution in [0, 0.1) is 5.92 Å². The normalized spacial score (nSPS) is 12.9. The fourth-order valence-electron chi connectivity index (χ4n) is 0.746. The molecule has 0 rings (SSSR count). The number of rotatable bonds is 3. The average Bonchev–Trinajstić information content (AvgIpc) is 1.81. The smallest absolute Gasteiger partial charge is 0.273 e. The van der Waals surface area contributed by atoms with E-state index < -0.39 is 9.04 Å². The van der Waals surface area contributed by atoms with E-state index in [1.165, 1.54) is 0 Å². The van der Waals surface area contributed by atoms with Crippen LogP contribution in [0.5, 0.6) is 0 Å². The first-order valence-corrected chi connectivity index (χ1v) is 6.13. The van der Waals surface area contributed by atoms with Crippen LogP contribution in [0.1, 0.15) is 20.8 Å². The molecule has 59 valence electrons. The largest absolute Gasteiger partial charge is 0.546 e. The molecule has 1 nitrogen and oxygen atoms in total. The second kappa shape index (κ2) is 4.55. The molecule has 2 heteroatoms. The average molecular weight is 157 g/mol. The van der Waals surface area contributed by atoms with Crippen molar-refractivity contribution in [3.63, 3.8) is 0 Å². The number of hydrogen-bond acceptors (Lipinski definition) is 1. The van der Waals surface area contributed by atoms with Crippen molar-refractivity contribution >= 4 is 9.04 Å². The summed E-state index contributed by atoms with van der Waals surface area (Å²) in [5, 5.41) is 0. The molecule has 0 fully saturated rings. The van der Waals surface area contributed by atoms with E-state index in [0.29, 0.717) is 5.92 Å². The summed E-state index contributed by atoms with van der Waals surface area (Å²) in [6, 6.07) is 0. The molecule has 0 aliphatic carbocycles. The summed E-state index contributed by atoms with van der Waals surface area (Å²) in [6.07, 6.45) is 2.06. The first-order chi connectivity index (χ1) is 4.57. The van der Waals surface area contributed by atoms with Crippen LogP contribution in [0.25, 0.3) is 0 Å². The molecule has 1 radical (unpaired) electrons. The monoisotopic (exact) mass is 157 g/mol. The van der Waals surface area contributed by atoms with Crippen LogP contribution < -0.4 is 0 Å². The molecule has 0 aliphatic heterocycles. The lowest BCUT2D eigenvalue weighted by Gasteiger charge is -2.15. The van der Waals surface area contributed by atoms with Crippen LogP contribution in [0.3, 0.4) is 0 Å². The molecule has 0 bridgehead atoms. The van der Waals surface area contributed by atoms with Gasteiger partial charge in [-0.3, -0.25) is 0 Å². The van der Waals surface area contributed by atoms with E-state index in [1.54, 1.807) is 0 Å². The van der Waals surface area contributed by atoms with E-state index in [9.17, 15) is 0 Å². The van der Waals surface area contributed by atoms with Crippen LogP contribution in [-0.2, 0) is 4.43 Å². The second-order valence-corrected chi connectivity index (χ2v) is 4.88. The van der Waals surface area contributed by atoms with Gasteiger partial charge in [-0.05, 0) is 20.0 Å². The van der Waals surface area contributed by atoms with Crippen molar-refractivity contribution in [2.24, 2.45) is 5.92 Å². The Balaban J connectivity index is 3.86. The number of allylic oxidation sites excluding steroid dienone is 2. The highest BCUT2D eigenvalue weighted by Gasteiger charge is 2.05. The molecule has 10 heavy (non-hydrogen) atoms. The summed E-state index contributed by atoms with van der Waals surface area (Å²) in [7, 11) is -0.558. The van der Waals surface area contributed by atoms with Gasteiger partial charge in [-0.15, -0.1) is 0 Å². The SMILES string of the molecule is C/C=C(\O[Si](C)C)C(C)C. The second-order valence-electron chi connectivity index (χ2n) is 2.86. The molecule has 0 aromatic rings. The molecule has 0 aliphatic rings. The summed E-state index contributed by atoms with van der Waals surface area (Å²) in [6.45, 7) is 10.6. The molecular formula is C8H17OSi. The topological polar surface area (TPSA) is 9.23 Å². The highest BCUT2D eigenvalue weighted by molar-refractivity contribution is 6.48. The Labute approximate surface area is 65.8 Å². The van der Waals surface area contributed by atoms with Crippen molar-refractivity contribution in [2.45, 2.75) is 33.9 Å². The maximum atomic E-state index is 5.62. The predicted octanol–water partition coefficient (Wildman–Crippen LogP) is 2.81. The van der Waals surface area contributed by atoms with Crippen molar-refractivity contribution in [3.05, 3.63) is 11.8 Å². The standard InChI is InChI=1S/C8H17OSi/c1-6-8(7(2)3)9-10(4)5/h6-7H,1-5H3/b8-6-. The molecular weight excluding hydrogens is 140 g/mol. The fourth-order valence-corrected chi connectivity index (χ4v) is 1.57. The van der Waals surface area contributed by atoms with Crippen LogP contribution in [0.4, 0.5) is 0 Å². The van der Waals surface area contributed by atoms with Gasteiger partial charge < -0.3 is 4.43 Å². The van der Waals surface area contributed by atoms with Gasteiger partial charge in [-0.25, -0.2) is 0 Å². The van der Waals surface area contributed by atoms with E-state index >= 15 is 0 Å². The minimum absolute atomic E-state index is 0.532. The van der Waals surface area contributed by atoms with Gasteiger partial charge in [0.1, 0.15) is 0 Å². The molecule has 0 amide bonds. The zero-order chi connectivity index (χ0) is 8.15. The Morgan fingerprint density at radius 2 is 1.90 bits per heavy atom. The quantitative estimate of drug-likeness (QED) is 0.452. The van der Waals surface area contributed by atoms with E-state index in [0.717, 1.165) is 5.76 Å². The number of hydrogen-bond donors (Lipinski definition) is 0. The van der Waals surface area contributed by atoms with Crippen molar-refractivity contribution in [2.75, 3.05) is 0 Å². The molecule has 0 saturated carbocycles. The third-order valence-corrected chi connectivity index (χ3v) is 1.82. The maximum absolute atomic E-state index is 5.62. The molecule has 0 aromatic heterocycles. The minimum atomic E-state index is -0.558. The lowest BCUT2D eigenvalue weighted by Crippen LogP contribution is -2.10. The third kappa shape index (κ3) is 3.72. The summed E-state index contributed by atoms with van der Waals surface area (Å²) in [5.74, 6) is 1.67. The van der Waals surface area contributed by atoms with Crippen molar-refractivity contribution in [1.29, 1.82) is 0 Å². The van der Waals surface area contributed by atoms with Gasteiger partial charge in [0.25, 0.3) is 9.04 Å². The summed E-state index contributed by atoms with van der Waals surface area (Å²) < 4.78 is 5.62. The van der Waals surface area contributed by atoms with Crippen LogP contribution in [0.15, 0.2) is 11.8 Å². The Hall–Kier alpha value is -0.243. The zero-order valence-corrected chi connectivity index (χ0v) is 8.56. The van der Waals surface area contributed by atoms with Gasteiger partial charge in [0, 0.05) is 5.92 Å². The minimum Gasteiger partial charge on any atom is -0.546 e. The lowest BCUT2D eigenvalue weighted by atomic mass is 10.2. The molecule has 0 atom stereocenters.